The number of benzene rings is 1. The molecule has 1 aromatic carbocycles. The number of Topliss-reactive ketones (excluding diaryl/α,β-unsaturated/α-hetero) is 1. The third-order valence-electron chi connectivity index (χ3n) is 4.79. The van der Waals surface area contributed by atoms with Gasteiger partial charge in [0.1, 0.15) is 5.78 Å². The van der Waals surface area contributed by atoms with Gasteiger partial charge in [-0.05, 0) is 29.7 Å². The minimum atomic E-state index is -1.56. The van der Waals surface area contributed by atoms with E-state index in [9.17, 15) is 19.8 Å². The highest BCUT2D eigenvalue weighted by Crippen LogP contribution is 2.41. The van der Waals surface area contributed by atoms with Crippen molar-refractivity contribution in [3.05, 3.63) is 23.3 Å². The molecule has 4 rings (SSSR count). The van der Waals surface area contributed by atoms with Gasteiger partial charge in [-0.3, -0.25) is 9.59 Å². The summed E-state index contributed by atoms with van der Waals surface area (Å²) in [6.45, 7) is 0.773. The molecule has 1 saturated heterocycles. The van der Waals surface area contributed by atoms with Crippen LogP contribution in [0.5, 0.6) is 11.5 Å². The summed E-state index contributed by atoms with van der Waals surface area (Å²) in [7, 11) is 0. The predicted octanol–water partition coefficient (Wildman–Crippen LogP) is -0.0742. The van der Waals surface area contributed by atoms with Gasteiger partial charge in [0.05, 0.1) is 6.10 Å². The van der Waals surface area contributed by atoms with Crippen molar-refractivity contribution >= 4 is 11.7 Å². The molecular formula is C16H17NO6. The van der Waals surface area contributed by atoms with Crippen molar-refractivity contribution in [2.24, 2.45) is 0 Å². The summed E-state index contributed by atoms with van der Waals surface area (Å²) in [6, 6.07) is 3.60. The Labute approximate surface area is 132 Å². The van der Waals surface area contributed by atoms with Crippen molar-refractivity contribution < 1.29 is 29.3 Å². The highest BCUT2D eigenvalue weighted by Gasteiger charge is 2.39. The summed E-state index contributed by atoms with van der Waals surface area (Å²) in [5.41, 5.74) is 1.64. The van der Waals surface area contributed by atoms with Gasteiger partial charge in [0.2, 0.25) is 6.79 Å². The second-order valence-corrected chi connectivity index (χ2v) is 6.19. The number of hydrogen-bond donors (Lipinski definition) is 2. The molecule has 0 aromatic heterocycles. The molecule has 3 atom stereocenters. The van der Waals surface area contributed by atoms with E-state index >= 15 is 0 Å². The number of rotatable bonds is 0. The van der Waals surface area contributed by atoms with Crippen molar-refractivity contribution in [2.75, 3.05) is 13.3 Å². The van der Waals surface area contributed by atoms with E-state index in [0.717, 1.165) is 11.1 Å². The van der Waals surface area contributed by atoms with Gasteiger partial charge in [0.25, 0.3) is 5.91 Å². The Morgan fingerprint density at radius 3 is 2.65 bits per heavy atom. The van der Waals surface area contributed by atoms with Gasteiger partial charge >= 0.3 is 0 Å². The molecule has 3 heterocycles. The summed E-state index contributed by atoms with van der Waals surface area (Å²) in [4.78, 5) is 26.4. The van der Waals surface area contributed by atoms with Crippen LogP contribution in [0.4, 0.5) is 0 Å². The highest BCUT2D eigenvalue weighted by atomic mass is 16.7. The molecule has 1 aromatic rings. The second kappa shape index (κ2) is 5.21. The minimum Gasteiger partial charge on any atom is -0.454 e. The highest BCUT2D eigenvalue weighted by molar-refractivity contribution is 5.90. The summed E-state index contributed by atoms with van der Waals surface area (Å²) >= 11 is 0. The summed E-state index contributed by atoms with van der Waals surface area (Å²) in [5.74, 6) is 0.0581. The molecule has 0 saturated carbocycles. The van der Waals surface area contributed by atoms with Gasteiger partial charge in [-0.25, -0.2) is 0 Å². The van der Waals surface area contributed by atoms with E-state index < -0.39 is 24.0 Å². The van der Waals surface area contributed by atoms with E-state index in [1.165, 1.54) is 4.90 Å². The van der Waals surface area contributed by atoms with Crippen LogP contribution in [-0.4, -0.2) is 52.3 Å². The van der Waals surface area contributed by atoms with Gasteiger partial charge in [0, 0.05) is 25.4 Å². The fourth-order valence-corrected chi connectivity index (χ4v) is 3.52. The largest absolute Gasteiger partial charge is 0.454 e. The summed E-state index contributed by atoms with van der Waals surface area (Å²) in [6.07, 6.45) is -2.70. The lowest BCUT2D eigenvalue weighted by Crippen LogP contribution is -2.44. The first-order valence-corrected chi connectivity index (χ1v) is 7.64. The summed E-state index contributed by atoms with van der Waals surface area (Å²) in [5, 5.41) is 19.9. The number of carbonyl (C=O) groups is 2. The van der Waals surface area contributed by atoms with Crippen molar-refractivity contribution in [3.63, 3.8) is 0 Å². The Morgan fingerprint density at radius 1 is 1.13 bits per heavy atom. The van der Waals surface area contributed by atoms with Crippen LogP contribution in [0.25, 0.3) is 0 Å². The van der Waals surface area contributed by atoms with Crippen LogP contribution in [0.15, 0.2) is 12.1 Å². The van der Waals surface area contributed by atoms with Crippen LogP contribution < -0.4 is 9.47 Å². The van der Waals surface area contributed by atoms with E-state index in [1.807, 2.05) is 0 Å². The van der Waals surface area contributed by atoms with E-state index in [-0.39, 0.29) is 25.5 Å². The average Bonchev–Trinajstić information content (AvgIpc) is 2.90. The molecule has 2 N–H and O–H groups in total. The van der Waals surface area contributed by atoms with E-state index in [2.05, 4.69) is 0 Å². The van der Waals surface area contributed by atoms with Crippen LogP contribution >= 0.6 is 0 Å². The Morgan fingerprint density at radius 2 is 1.87 bits per heavy atom. The molecular weight excluding hydrogens is 302 g/mol. The first kappa shape index (κ1) is 14.5. The van der Waals surface area contributed by atoms with Crippen LogP contribution in [0.1, 0.15) is 29.9 Å². The lowest BCUT2D eigenvalue weighted by Gasteiger charge is -2.26. The molecule has 0 spiro atoms. The molecule has 3 aliphatic rings. The Balaban J connectivity index is 1.84. The van der Waals surface area contributed by atoms with Gasteiger partial charge in [-0.1, -0.05) is 0 Å². The lowest BCUT2D eigenvalue weighted by atomic mass is 9.86. The van der Waals surface area contributed by atoms with Crippen LogP contribution in [0.3, 0.4) is 0 Å². The van der Waals surface area contributed by atoms with E-state index in [1.54, 1.807) is 12.1 Å². The van der Waals surface area contributed by atoms with E-state index in [0.29, 0.717) is 24.5 Å². The lowest BCUT2D eigenvalue weighted by molar-refractivity contribution is -0.147. The molecule has 0 aliphatic carbocycles. The molecule has 3 aliphatic heterocycles. The average molecular weight is 319 g/mol. The minimum absolute atomic E-state index is 0.136. The number of amides is 1. The van der Waals surface area contributed by atoms with Gasteiger partial charge in [-0.15, -0.1) is 0 Å². The van der Waals surface area contributed by atoms with Crippen LogP contribution in [-0.2, 0) is 16.1 Å². The molecule has 1 amide bonds. The Bertz CT molecular complexity index is 687. The predicted molar refractivity (Wildman–Crippen MR) is 77.0 cm³/mol. The van der Waals surface area contributed by atoms with Crippen LogP contribution in [0, 0.1) is 0 Å². The number of aliphatic hydroxyl groups excluding tert-OH is 2. The maximum Gasteiger partial charge on any atom is 0.254 e. The number of ketones is 1. The topological polar surface area (TPSA) is 96.3 Å². The molecule has 0 unspecified atom stereocenters. The van der Waals surface area contributed by atoms with Crippen molar-refractivity contribution in [3.8, 4) is 11.5 Å². The van der Waals surface area contributed by atoms with Crippen molar-refractivity contribution in [1.82, 2.24) is 4.90 Å². The zero-order valence-corrected chi connectivity index (χ0v) is 12.4. The number of carbonyl (C=O) groups excluding carboxylic acids is 2. The third-order valence-corrected chi connectivity index (χ3v) is 4.79. The monoisotopic (exact) mass is 319 g/mol. The smallest absolute Gasteiger partial charge is 0.254 e. The second-order valence-electron chi connectivity index (χ2n) is 6.19. The molecule has 1 fully saturated rings. The van der Waals surface area contributed by atoms with Crippen molar-refractivity contribution in [2.45, 2.75) is 37.5 Å². The first-order valence-electron chi connectivity index (χ1n) is 7.64. The molecule has 7 heteroatoms. The molecule has 122 valence electrons. The molecule has 7 nitrogen and oxygen atoms in total. The quantitative estimate of drug-likeness (QED) is 0.695. The zero-order valence-electron chi connectivity index (χ0n) is 12.4. The fraction of sp³-hybridized carbons (Fsp3) is 0.500. The van der Waals surface area contributed by atoms with E-state index in [4.69, 9.17) is 9.47 Å². The van der Waals surface area contributed by atoms with Gasteiger partial charge in [0.15, 0.2) is 17.6 Å². The Kier molecular flexibility index (Phi) is 3.28. The maximum absolute atomic E-state index is 12.6. The van der Waals surface area contributed by atoms with Crippen molar-refractivity contribution in [1.29, 1.82) is 0 Å². The number of fused-ring (bicyclic) bond motifs is 6. The van der Waals surface area contributed by atoms with Crippen LogP contribution in [0.2, 0.25) is 0 Å². The third kappa shape index (κ3) is 2.27. The summed E-state index contributed by atoms with van der Waals surface area (Å²) < 4.78 is 10.8. The van der Waals surface area contributed by atoms with Gasteiger partial charge in [-0.2, -0.15) is 0 Å². The molecule has 2 bridgehead atoms. The van der Waals surface area contributed by atoms with Gasteiger partial charge < -0.3 is 24.6 Å². The molecule has 23 heavy (non-hydrogen) atoms. The number of aliphatic hydroxyl groups is 2. The zero-order chi connectivity index (χ0) is 16.1. The molecule has 0 radical (unpaired) electrons. The maximum atomic E-state index is 12.6. The number of nitrogens with zero attached hydrogens (tertiary/aromatic N) is 1. The first-order chi connectivity index (χ1) is 11.0. The number of ether oxygens (including phenoxy) is 2. The number of hydrogen-bond acceptors (Lipinski definition) is 6. The SMILES string of the molecule is O=C1C[C@@H](O)[C@H](O)C(=O)N2CC[C@H]1c1cc3c(cc1C2)OCO3. The fourth-order valence-electron chi connectivity index (χ4n) is 3.52. The normalized spacial score (nSPS) is 29.7. The standard InChI is InChI=1S/C16H17NO6/c18-11-5-12(19)15(20)16(21)17-2-1-9(11)10-4-14-13(22-7-23-14)3-8(10)6-17/h3-4,9,12,15,19-20H,1-2,5-7H2/t9-,12+,15-/m0/s1. The Hall–Kier alpha value is -2.12.